The molecule has 29 heavy (non-hydrogen) atoms. The summed E-state index contributed by atoms with van der Waals surface area (Å²) in [5.41, 5.74) is 9.60. The van der Waals surface area contributed by atoms with Gasteiger partial charge in [0.1, 0.15) is 0 Å². The fourth-order valence-corrected chi connectivity index (χ4v) is 4.40. The van der Waals surface area contributed by atoms with Gasteiger partial charge in [-0.2, -0.15) is 0 Å². The van der Waals surface area contributed by atoms with Crippen LogP contribution in [0.1, 0.15) is 43.7 Å². The summed E-state index contributed by atoms with van der Waals surface area (Å²) in [6.07, 6.45) is 3.06. The Hall–Kier alpha value is -3.13. The van der Waals surface area contributed by atoms with Crippen LogP contribution in [0.3, 0.4) is 0 Å². The van der Waals surface area contributed by atoms with Gasteiger partial charge < -0.3 is 4.90 Å². The molecular formula is C27H27NO. The van der Waals surface area contributed by atoms with E-state index in [-0.39, 0.29) is 5.78 Å². The summed E-state index contributed by atoms with van der Waals surface area (Å²) >= 11 is 0. The minimum Gasteiger partial charge on any atom is -0.347 e. The number of carbonyl (C=O) groups is 1. The minimum absolute atomic E-state index is 0.0896. The van der Waals surface area contributed by atoms with E-state index in [4.69, 9.17) is 0 Å². The highest BCUT2D eigenvalue weighted by atomic mass is 16.1. The number of hydrogen-bond acceptors (Lipinski definition) is 2. The third-order valence-electron chi connectivity index (χ3n) is 5.68. The van der Waals surface area contributed by atoms with Gasteiger partial charge in [-0.15, -0.1) is 0 Å². The molecular weight excluding hydrogens is 354 g/mol. The maximum Gasteiger partial charge on any atom is 0.195 e. The van der Waals surface area contributed by atoms with Gasteiger partial charge in [0.2, 0.25) is 0 Å². The molecule has 4 rings (SSSR count). The van der Waals surface area contributed by atoms with Crippen LogP contribution >= 0.6 is 0 Å². The largest absolute Gasteiger partial charge is 0.347 e. The number of fused-ring (bicyclic) bond motifs is 1. The maximum atomic E-state index is 13.8. The number of Topliss-reactive ketones (excluding diaryl/α,β-unsaturated/α-hetero) is 1. The monoisotopic (exact) mass is 381 g/mol. The van der Waals surface area contributed by atoms with Gasteiger partial charge in [0, 0.05) is 29.6 Å². The van der Waals surface area contributed by atoms with Crippen molar-refractivity contribution in [2.24, 2.45) is 0 Å². The summed E-state index contributed by atoms with van der Waals surface area (Å²) in [5, 5.41) is 0. The number of allylic oxidation sites excluding steroid dienone is 1. The highest BCUT2D eigenvalue weighted by Crippen LogP contribution is 2.32. The van der Waals surface area contributed by atoms with Crippen molar-refractivity contribution in [1.82, 2.24) is 0 Å². The van der Waals surface area contributed by atoms with Crippen molar-refractivity contribution in [2.75, 3.05) is 11.4 Å². The van der Waals surface area contributed by atoms with Crippen molar-refractivity contribution in [3.05, 3.63) is 106 Å². The van der Waals surface area contributed by atoms with Gasteiger partial charge in [-0.1, -0.05) is 65.7 Å². The van der Waals surface area contributed by atoms with Gasteiger partial charge >= 0.3 is 0 Å². The van der Waals surface area contributed by atoms with Crippen LogP contribution in [0, 0.1) is 27.7 Å². The normalized spacial score (nSPS) is 13.5. The Morgan fingerprint density at radius 2 is 1.55 bits per heavy atom. The first-order valence-electron chi connectivity index (χ1n) is 10.2. The van der Waals surface area contributed by atoms with Crippen LogP contribution in [0.15, 0.2) is 66.9 Å². The molecule has 2 nitrogen and oxygen atoms in total. The first-order chi connectivity index (χ1) is 13.9. The predicted molar refractivity (Wildman–Crippen MR) is 122 cm³/mol. The summed E-state index contributed by atoms with van der Waals surface area (Å²) in [6.45, 7) is 9.16. The van der Waals surface area contributed by atoms with Gasteiger partial charge in [-0.3, -0.25) is 4.79 Å². The molecule has 0 aromatic heterocycles. The van der Waals surface area contributed by atoms with Gasteiger partial charge in [-0.05, 0) is 62.4 Å². The molecule has 3 aromatic carbocycles. The van der Waals surface area contributed by atoms with E-state index in [1.54, 1.807) is 0 Å². The lowest BCUT2D eigenvalue weighted by atomic mass is 9.90. The highest BCUT2D eigenvalue weighted by Gasteiger charge is 2.23. The number of aryl methyl sites for hydroxylation is 4. The molecule has 0 amide bonds. The number of rotatable bonds is 4. The van der Waals surface area contributed by atoms with Crippen LogP contribution < -0.4 is 4.90 Å². The fraction of sp³-hybridized carbons (Fsp3) is 0.222. The van der Waals surface area contributed by atoms with Gasteiger partial charge in [-0.25, -0.2) is 0 Å². The molecule has 0 fully saturated rings. The lowest BCUT2D eigenvalue weighted by Gasteiger charge is -2.19. The Morgan fingerprint density at radius 1 is 0.862 bits per heavy atom. The zero-order valence-corrected chi connectivity index (χ0v) is 17.6. The third kappa shape index (κ3) is 3.75. The summed E-state index contributed by atoms with van der Waals surface area (Å²) in [4.78, 5) is 16.0. The first kappa shape index (κ1) is 19.2. The van der Waals surface area contributed by atoms with Crippen molar-refractivity contribution < 1.29 is 4.79 Å². The number of anilines is 1. The quantitative estimate of drug-likeness (QED) is 0.396. The fourth-order valence-electron chi connectivity index (χ4n) is 4.40. The molecule has 3 aromatic rings. The minimum atomic E-state index is 0.0896. The second kappa shape index (κ2) is 7.71. The van der Waals surface area contributed by atoms with E-state index in [9.17, 15) is 4.79 Å². The standard InChI is InChI=1S/C27H27NO/c1-18-10-11-25-23(16-18)12-13-28(25)17-24(22-8-6-5-7-9-22)27(29)26-20(3)14-19(2)15-21(26)4/h5-11,14-17H,12-13H2,1-4H3/b24-17+. The van der Waals surface area contributed by atoms with E-state index in [1.807, 2.05) is 44.2 Å². The van der Waals surface area contributed by atoms with Crippen LogP contribution in [-0.2, 0) is 6.42 Å². The Kier molecular flexibility index (Phi) is 5.10. The van der Waals surface area contributed by atoms with Crippen molar-refractivity contribution in [3.8, 4) is 0 Å². The highest BCUT2D eigenvalue weighted by molar-refractivity contribution is 6.30. The van der Waals surface area contributed by atoms with Crippen molar-refractivity contribution in [3.63, 3.8) is 0 Å². The smallest absolute Gasteiger partial charge is 0.195 e. The Bertz CT molecular complexity index is 1090. The average molecular weight is 382 g/mol. The van der Waals surface area contributed by atoms with E-state index in [0.29, 0.717) is 0 Å². The lowest BCUT2D eigenvalue weighted by molar-refractivity contribution is 0.105. The molecule has 146 valence electrons. The maximum absolute atomic E-state index is 13.8. The van der Waals surface area contributed by atoms with Crippen LogP contribution in [0.2, 0.25) is 0 Å². The molecule has 1 aliphatic heterocycles. The number of benzene rings is 3. The van der Waals surface area contributed by atoms with Crippen molar-refractivity contribution in [1.29, 1.82) is 0 Å². The second-order valence-electron chi connectivity index (χ2n) is 8.09. The topological polar surface area (TPSA) is 20.3 Å². The molecule has 0 bridgehead atoms. The zero-order valence-electron chi connectivity index (χ0n) is 17.6. The van der Waals surface area contributed by atoms with E-state index < -0.39 is 0 Å². The molecule has 0 unspecified atom stereocenters. The molecule has 2 heteroatoms. The van der Waals surface area contributed by atoms with E-state index in [1.165, 1.54) is 22.4 Å². The number of carbonyl (C=O) groups excluding carboxylic acids is 1. The average Bonchev–Trinajstić information content (AvgIpc) is 3.07. The molecule has 0 radical (unpaired) electrons. The molecule has 0 atom stereocenters. The van der Waals surface area contributed by atoms with Gasteiger partial charge in [0.15, 0.2) is 5.78 Å². The summed E-state index contributed by atoms with van der Waals surface area (Å²) in [7, 11) is 0. The number of nitrogens with zero attached hydrogens (tertiary/aromatic N) is 1. The van der Waals surface area contributed by atoms with Crippen molar-refractivity contribution >= 4 is 17.0 Å². The Balaban J connectivity index is 1.83. The summed E-state index contributed by atoms with van der Waals surface area (Å²) < 4.78 is 0. The molecule has 1 aliphatic rings. The summed E-state index contributed by atoms with van der Waals surface area (Å²) in [6, 6.07) is 20.8. The first-order valence-corrected chi connectivity index (χ1v) is 10.2. The zero-order chi connectivity index (χ0) is 20.5. The molecule has 0 saturated carbocycles. The van der Waals surface area contributed by atoms with E-state index in [2.05, 4.69) is 55.3 Å². The third-order valence-corrected chi connectivity index (χ3v) is 5.68. The lowest BCUT2D eigenvalue weighted by Crippen LogP contribution is -2.16. The predicted octanol–water partition coefficient (Wildman–Crippen LogP) is 6.21. The Labute approximate surface area is 173 Å². The van der Waals surface area contributed by atoms with Crippen LogP contribution in [-0.4, -0.2) is 12.3 Å². The molecule has 0 N–H and O–H groups in total. The van der Waals surface area contributed by atoms with Crippen LogP contribution in [0.25, 0.3) is 5.57 Å². The Morgan fingerprint density at radius 3 is 2.24 bits per heavy atom. The van der Waals surface area contributed by atoms with Crippen molar-refractivity contribution in [2.45, 2.75) is 34.1 Å². The molecule has 1 heterocycles. The second-order valence-corrected chi connectivity index (χ2v) is 8.09. The number of hydrogen-bond donors (Lipinski definition) is 0. The SMILES string of the molecule is Cc1cc(C)c(C(=O)/C(=C/N2CCc3cc(C)ccc32)c2ccccc2)c(C)c1. The van der Waals surface area contributed by atoms with Crippen LogP contribution in [0.5, 0.6) is 0 Å². The molecule has 0 spiro atoms. The van der Waals surface area contributed by atoms with Gasteiger partial charge in [0.25, 0.3) is 0 Å². The van der Waals surface area contributed by atoms with Gasteiger partial charge in [0.05, 0.1) is 0 Å². The number of ketones is 1. The molecule has 0 saturated heterocycles. The van der Waals surface area contributed by atoms with E-state index in [0.717, 1.165) is 40.8 Å². The molecule has 0 aliphatic carbocycles. The van der Waals surface area contributed by atoms with E-state index >= 15 is 0 Å². The van der Waals surface area contributed by atoms with Crippen LogP contribution in [0.4, 0.5) is 5.69 Å². The summed E-state index contributed by atoms with van der Waals surface area (Å²) in [5.74, 6) is 0.0896.